The first-order valence-electron chi connectivity index (χ1n) is 8.54. The van der Waals surface area contributed by atoms with E-state index >= 15 is 0 Å². The van der Waals surface area contributed by atoms with Crippen LogP contribution in [0.1, 0.15) is 21.7 Å². The minimum Gasteiger partial charge on any atom is -0.384 e. The molecule has 2 aromatic heterocycles. The normalized spacial score (nSPS) is 11.6. The monoisotopic (exact) mass is 382 g/mol. The van der Waals surface area contributed by atoms with Gasteiger partial charge in [-0.3, -0.25) is 9.59 Å². The number of anilines is 1. The van der Waals surface area contributed by atoms with Gasteiger partial charge in [-0.25, -0.2) is 14.4 Å². The molecule has 0 aliphatic heterocycles. The van der Waals surface area contributed by atoms with Gasteiger partial charge in [-0.2, -0.15) is 0 Å². The smallest absolute Gasteiger partial charge is 0.287 e. The molecule has 2 amide bonds. The summed E-state index contributed by atoms with van der Waals surface area (Å²) in [7, 11) is 0. The van der Waals surface area contributed by atoms with Crippen LogP contribution in [0, 0.1) is 5.82 Å². The SMILES string of the molecule is Nc1ccc(CNC(=O)[C@H](Cc2ccc(F)cc2)NC(=O)c2ncc[nH]2)cn1. The Morgan fingerprint density at radius 1 is 1.11 bits per heavy atom. The Morgan fingerprint density at radius 3 is 2.50 bits per heavy atom. The highest BCUT2D eigenvalue weighted by Gasteiger charge is 2.23. The fourth-order valence-electron chi connectivity index (χ4n) is 2.53. The second kappa shape index (κ2) is 8.76. The van der Waals surface area contributed by atoms with Crippen LogP contribution in [0.25, 0.3) is 0 Å². The van der Waals surface area contributed by atoms with Gasteiger partial charge in [0.05, 0.1) is 0 Å². The number of nitrogen functional groups attached to an aromatic ring is 1. The van der Waals surface area contributed by atoms with E-state index in [4.69, 9.17) is 5.73 Å². The number of amides is 2. The van der Waals surface area contributed by atoms with Crippen LogP contribution in [0.5, 0.6) is 0 Å². The van der Waals surface area contributed by atoms with Crippen LogP contribution in [-0.2, 0) is 17.8 Å². The number of H-pyrrole nitrogens is 1. The number of aromatic amines is 1. The number of aromatic nitrogens is 3. The Balaban J connectivity index is 1.69. The summed E-state index contributed by atoms with van der Waals surface area (Å²) in [5.74, 6) is -0.794. The molecule has 28 heavy (non-hydrogen) atoms. The number of nitrogens with two attached hydrogens (primary N) is 1. The van der Waals surface area contributed by atoms with Gasteiger partial charge in [0.1, 0.15) is 17.7 Å². The van der Waals surface area contributed by atoms with Crippen molar-refractivity contribution in [2.75, 3.05) is 5.73 Å². The molecule has 1 atom stereocenters. The van der Waals surface area contributed by atoms with Crippen LogP contribution >= 0.6 is 0 Å². The van der Waals surface area contributed by atoms with Gasteiger partial charge in [0.15, 0.2) is 5.82 Å². The molecule has 0 aliphatic rings. The van der Waals surface area contributed by atoms with Gasteiger partial charge in [-0.1, -0.05) is 18.2 Å². The first-order valence-corrected chi connectivity index (χ1v) is 8.54. The Kier molecular flexibility index (Phi) is 5.95. The second-order valence-corrected chi connectivity index (χ2v) is 6.10. The lowest BCUT2D eigenvalue weighted by Crippen LogP contribution is -2.48. The van der Waals surface area contributed by atoms with Crippen molar-refractivity contribution in [3.05, 3.63) is 77.8 Å². The van der Waals surface area contributed by atoms with E-state index < -0.39 is 11.9 Å². The Bertz CT molecular complexity index is 926. The van der Waals surface area contributed by atoms with Crippen molar-refractivity contribution in [3.63, 3.8) is 0 Å². The highest BCUT2D eigenvalue weighted by Crippen LogP contribution is 2.08. The van der Waals surface area contributed by atoms with Crippen molar-refractivity contribution < 1.29 is 14.0 Å². The average molecular weight is 382 g/mol. The largest absolute Gasteiger partial charge is 0.384 e. The van der Waals surface area contributed by atoms with Gasteiger partial charge in [0, 0.05) is 31.6 Å². The zero-order valence-corrected chi connectivity index (χ0v) is 14.9. The van der Waals surface area contributed by atoms with Gasteiger partial charge in [0.25, 0.3) is 5.91 Å². The molecule has 0 saturated heterocycles. The average Bonchev–Trinajstić information content (AvgIpc) is 3.23. The predicted molar refractivity (Wildman–Crippen MR) is 100 cm³/mol. The molecule has 0 spiro atoms. The molecule has 5 N–H and O–H groups in total. The third-order valence-electron chi connectivity index (χ3n) is 4.00. The summed E-state index contributed by atoms with van der Waals surface area (Å²) < 4.78 is 13.1. The number of imidazole rings is 1. The molecule has 0 saturated carbocycles. The summed E-state index contributed by atoms with van der Waals surface area (Å²) in [6.45, 7) is 0.225. The molecule has 9 heteroatoms. The van der Waals surface area contributed by atoms with Crippen molar-refractivity contribution in [2.45, 2.75) is 19.0 Å². The topological polar surface area (TPSA) is 126 Å². The number of nitrogens with one attached hydrogen (secondary N) is 3. The lowest BCUT2D eigenvalue weighted by Gasteiger charge is -2.18. The van der Waals surface area contributed by atoms with Crippen molar-refractivity contribution in [3.8, 4) is 0 Å². The lowest BCUT2D eigenvalue weighted by molar-refractivity contribution is -0.123. The van der Waals surface area contributed by atoms with Crippen molar-refractivity contribution >= 4 is 17.6 Å². The third-order valence-corrected chi connectivity index (χ3v) is 4.00. The molecule has 0 aliphatic carbocycles. The Labute approximate surface area is 160 Å². The highest BCUT2D eigenvalue weighted by molar-refractivity contribution is 5.94. The van der Waals surface area contributed by atoms with Gasteiger partial charge >= 0.3 is 0 Å². The van der Waals surface area contributed by atoms with Gasteiger partial charge in [-0.05, 0) is 29.3 Å². The van der Waals surface area contributed by atoms with E-state index in [0.717, 1.165) is 5.56 Å². The molecule has 0 fully saturated rings. The van der Waals surface area contributed by atoms with Gasteiger partial charge in [-0.15, -0.1) is 0 Å². The van der Waals surface area contributed by atoms with Crippen LogP contribution < -0.4 is 16.4 Å². The number of hydrogen-bond acceptors (Lipinski definition) is 5. The number of rotatable bonds is 7. The predicted octanol–water partition coefficient (Wildman–Crippen LogP) is 1.18. The zero-order valence-electron chi connectivity index (χ0n) is 14.9. The second-order valence-electron chi connectivity index (χ2n) is 6.10. The number of carbonyl (C=O) groups excluding carboxylic acids is 2. The number of carbonyl (C=O) groups is 2. The summed E-state index contributed by atoms with van der Waals surface area (Å²) in [4.78, 5) is 35.5. The van der Waals surface area contributed by atoms with Crippen LogP contribution in [-0.4, -0.2) is 32.8 Å². The molecular weight excluding hydrogens is 363 g/mol. The molecule has 2 heterocycles. The summed E-state index contributed by atoms with van der Waals surface area (Å²) in [6, 6.07) is 8.26. The molecule has 3 rings (SSSR count). The molecule has 144 valence electrons. The van der Waals surface area contributed by atoms with E-state index in [-0.39, 0.29) is 30.5 Å². The molecule has 1 aromatic carbocycles. The van der Waals surface area contributed by atoms with Crippen LogP contribution in [0.3, 0.4) is 0 Å². The lowest BCUT2D eigenvalue weighted by atomic mass is 10.0. The van der Waals surface area contributed by atoms with Crippen LogP contribution in [0.2, 0.25) is 0 Å². The zero-order chi connectivity index (χ0) is 19.9. The van der Waals surface area contributed by atoms with Gasteiger partial charge in [0.2, 0.25) is 5.91 Å². The minimum absolute atomic E-state index is 0.0969. The summed E-state index contributed by atoms with van der Waals surface area (Å²) in [5.41, 5.74) is 7.02. The first-order chi connectivity index (χ1) is 13.5. The van der Waals surface area contributed by atoms with Crippen LogP contribution in [0.4, 0.5) is 10.2 Å². The summed E-state index contributed by atoms with van der Waals surface area (Å²) in [6.07, 6.45) is 4.71. The molecule has 8 nitrogen and oxygen atoms in total. The Morgan fingerprint density at radius 2 is 1.86 bits per heavy atom. The number of halogens is 1. The maximum atomic E-state index is 13.1. The van der Waals surface area contributed by atoms with Crippen LogP contribution in [0.15, 0.2) is 55.0 Å². The summed E-state index contributed by atoms with van der Waals surface area (Å²) in [5, 5.41) is 5.42. The van der Waals surface area contributed by atoms with Crippen molar-refractivity contribution in [1.29, 1.82) is 0 Å². The first kappa shape index (κ1) is 19.0. The third kappa shape index (κ3) is 5.13. The standard InChI is InChI=1S/C19H19FN6O2/c20-14-4-1-12(2-5-14)9-15(26-19(28)17-22-7-8-23-17)18(27)25-11-13-3-6-16(21)24-10-13/h1-8,10,15H,9,11H2,(H2,21,24)(H,22,23)(H,25,27)(H,26,28)/t15-/m0/s1. The van der Waals surface area contributed by atoms with E-state index in [9.17, 15) is 14.0 Å². The minimum atomic E-state index is -0.871. The number of nitrogens with zero attached hydrogens (tertiary/aromatic N) is 2. The fraction of sp³-hybridized carbons (Fsp3) is 0.158. The number of benzene rings is 1. The molecule has 3 aromatic rings. The van der Waals surface area contributed by atoms with E-state index in [1.807, 2.05) is 0 Å². The molecule has 0 bridgehead atoms. The quantitative estimate of drug-likeness (QED) is 0.488. The van der Waals surface area contributed by atoms with Crippen molar-refractivity contribution in [1.82, 2.24) is 25.6 Å². The van der Waals surface area contributed by atoms with E-state index in [2.05, 4.69) is 25.6 Å². The molecule has 0 radical (unpaired) electrons. The molecule has 0 unspecified atom stereocenters. The fourth-order valence-corrected chi connectivity index (χ4v) is 2.53. The highest BCUT2D eigenvalue weighted by atomic mass is 19.1. The van der Waals surface area contributed by atoms with E-state index in [1.165, 1.54) is 24.5 Å². The van der Waals surface area contributed by atoms with Crippen molar-refractivity contribution in [2.24, 2.45) is 0 Å². The number of hydrogen-bond donors (Lipinski definition) is 4. The number of pyridine rings is 1. The molecular formula is C19H19FN6O2. The van der Waals surface area contributed by atoms with E-state index in [1.54, 1.807) is 30.5 Å². The maximum Gasteiger partial charge on any atom is 0.287 e. The van der Waals surface area contributed by atoms with Gasteiger partial charge < -0.3 is 21.4 Å². The summed E-state index contributed by atoms with van der Waals surface area (Å²) >= 11 is 0. The maximum absolute atomic E-state index is 13.1. The Hall–Kier alpha value is -3.75. The van der Waals surface area contributed by atoms with E-state index in [0.29, 0.717) is 11.4 Å².